The fourth-order valence-electron chi connectivity index (χ4n) is 3.07. The summed E-state index contributed by atoms with van der Waals surface area (Å²) in [4.78, 5) is 12.6. The van der Waals surface area contributed by atoms with Crippen LogP contribution in [0.5, 0.6) is 0 Å². The van der Waals surface area contributed by atoms with Gasteiger partial charge in [0.05, 0.1) is 12.4 Å². The maximum absolute atomic E-state index is 15.2. The summed E-state index contributed by atoms with van der Waals surface area (Å²) in [6.45, 7) is 5.42. The molecule has 0 radical (unpaired) electrons. The van der Waals surface area contributed by atoms with Gasteiger partial charge < -0.3 is 15.8 Å². The molecule has 0 aliphatic carbocycles. The van der Waals surface area contributed by atoms with Crippen LogP contribution in [-0.4, -0.2) is 38.3 Å². The van der Waals surface area contributed by atoms with E-state index in [4.69, 9.17) is 10.5 Å². The van der Waals surface area contributed by atoms with Gasteiger partial charge in [0.25, 0.3) is 0 Å². The van der Waals surface area contributed by atoms with Crippen LogP contribution in [0.15, 0.2) is 6.33 Å². The first-order valence-corrected chi connectivity index (χ1v) is 7.42. The lowest BCUT2D eigenvalue weighted by Gasteiger charge is -2.25. The lowest BCUT2D eigenvalue weighted by molar-refractivity contribution is -0.0450. The van der Waals surface area contributed by atoms with Gasteiger partial charge in [0.15, 0.2) is 28.9 Å². The Morgan fingerprint density at radius 1 is 1.50 bits per heavy atom. The molecule has 3 heterocycles. The summed E-state index contributed by atoms with van der Waals surface area (Å²) in [5.74, 6) is 0.403. The molecule has 1 aliphatic heterocycles. The Morgan fingerprint density at radius 2 is 2.23 bits per heavy atom. The van der Waals surface area contributed by atoms with Crippen LogP contribution in [-0.2, 0) is 4.74 Å². The van der Waals surface area contributed by atoms with Crippen molar-refractivity contribution in [2.45, 2.75) is 45.2 Å². The number of nitrogens with zero attached hydrogens (tertiary/aromatic N) is 4. The Morgan fingerprint density at radius 3 is 2.82 bits per heavy atom. The van der Waals surface area contributed by atoms with E-state index in [1.165, 1.54) is 6.33 Å². The van der Waals surface area contributed by atoms with Gasteiger partial charge in [0.2, 0.25) is 5.95 Å². The molecule has 1 saturated heterocycles. The number of halogens is 1. The lowest BCUT2D eigenvalue weighted by atomic mass is 9.88. The molecule has 0 bridgehead atoms. The molecule has 3 rings (SSSR count). The summed E-state index contributed by atoms with van der Waals surface area (Å²) >= 11 is 0. The quantitative estimate of drug-likeness (QED) is 0.902. The van der Waals surface area contributed by atoms with Crippen molar-refractivity contribution in [3.63, 3.8) is 0 Å². The first kappa shape index (κ1) is 15.0. The number of rotatable bonds is 3. The molecular weight excluding hydrogens is 287 g/mol. The summed E-state index contributed by atoms with van der Waals surface area (Å²) in [7, 11) is 1.72. The molecule has 2 aromatic rings. The van der Waals surface area contributed by atoms with Gasteiger partial charge in [-0.3, -0.25) is 4.57 Å². The monoisotopic (exact) mass is 308 g/mol. The summed E-state index contributed by atoms with van der Waals surface area (Å²) < 4.78 is 22.8. The molecule has 8 heteroatoms. The molecular formula is C14H21FN6O. The van der Waals surface area contributed by atoms with Crippen molar-refractivity contribution in [2.24, 2.45) is 5.92 Å². The van der Waals surface area contributed by atoms with Crippen LogP contribution in [0, 0.1) is 5.92 Å². The maximum Gasteiger partial charge on any atom is 0.224 e. The van der Waals surface area contributed by atoms with Crippen LogP contribution in [0.3, 0.4) is 0 Å². The Bertz CT molecular complexity index is 700. The minimum absolute atomic E-state index is 0.109. The summed E-state index contributed by atoms with van der Waals surface area (Å²) in [5.41, 5.74) is 5.23. The predicted octanol–water partition coefficient (Wildman–Crippen LogP) is 2.12. The van der Waals surface area contributed by atoms with Gasteiger partial charge >= 0.3 is 0 Å². The molecule has 0 unspecified atom stereocenters. The highest BCUT2D eigenvalue weighted by atomic mass is 19.1. The van der Waals surface area contributed by atoms with Gasteiger partial charge in [-0.1, -0.05) is 13.8 Å². The van der Waals surface area contributed by atoms with E-state index in [0.717, 1.165) is 6.42 Å². The zero-order valence-electron chi connectivity index (χ0n) is 13.2. The van der Waals surface area contributed by atoms with Crippen molar-refractivity contribution in [3.8, 4) is 0 Å². The Kier molecular flexibility index (Phi) is 3.43. The third-order valence-corrected chi connectivity index (χ3v) is 4.57. The molecule has 0 saturated carbocycles. The third-order valence-electron chi connectivity index (χ3n) is 4.57. The molecule has 1 fully saturated rings. The van der Waals surface area contributed by atoms with E-state index in [-0.39, 0.29) is 18.0 Å². The average molecular weight is 308 g/mol. The maximum atomic E-state index is 15.2. The number of imidazole rings is 1. The standard InChI is InChI=1S/C14H21FN6O/c1-5-8-7(2)14(3,15)12(22-8)21-6-18-9-10(17-4)19-13(16)20-11(9)21/h6-8,12H,5H2,1-4H3,(H3,16,17,19,20)/t7-,8-,12-,14-/m1/s1. The molecule has 4 atom stereocenters. The molecule has 3 N–H and O–H groups in total. The minimum atomic E-state index is -1.52. The van der Waals surface area contributed by atoms with Gasteiger partial charge in [-0.2, -0.15) is 9.97 Å². The van der Waals surface area contributed by atoms with Crippen LogP contribution >= 0.6 is 0 Å². The highest BCUT2D eigenvalue weighted by Crippen LogP contribution is 2.47. The summed E-state index contributed by atoms with van der Waals surface area (Å²) in [6.07, 6.45) is 1.37. The number of anilines is 2. The van der Waals surface area contributed by atoms with Crippen molar-refractivity contribution >= 4 is 22.9 Å². The van der Waals surface area contributed by atoms with Gasteiger partial charge in [-0.05, 0) is 13.3 Å². The van der Waals surface area contributed by atoms with Crippen LogP contribution in [0.4, 0.5) is 16.2 Å². The van der Waals surface area contributed by atoms with Crippen LogP contribution in [0.25, 0.3) is 11.2 Å². The van der Waals surface area contributed by atoms with Gasteiger partial charge in [0.1, 0.15) is 0 Å². The van der Waals surface area contributed by atoms with Crippen molar-refractivity contribution in [3.05, 3.63) is 6.33 Å². The first-order chi connectivity index (χ1) is 10.4. The van der Waals surface area contributed by atoms with Crippen molar-refractivity contribution < 1.29 is 9.13 Å². The number of nitrogen functional groups attached to an aromatic ring is 1. The molecule has 1 aliphatic rings. The molecule has 0 aromatic carbocycles. The second-order valence-corrected chi connectivity index (χ2v) is 5.88. The molecule has 22 heavy (non-hydrogen) atoms. The van der Waals surface area contributed by atoms with Crippen LogP contribution in [0.1, 0.15) is 33.4 Å². The summed E-state index contributed by atoms with van der Waals surface area (Å²) in [6, 6.07) is 0. The second kappa shape index (κ2) is 5.05. The molecule has 120 valence electrons. The van der Waals surface area contributed by atoms with E-state index in [2.05, 4.69) is 20.3 Å². The van der Waals surface area contributed by atoms with E-state index in [9.17, 15) is 0 Å². The molecule has 7 nitrogen and oxygen atoms in total. The summed E-state index contributed by atoms with van der Waals surface area (Å²) in [5, 5.41) is 2.92. The normalized spacial score (nSPS) is 31.8. The van der Waals surface area contributed by atoms with E-state index < -0.39 is 11.9 Å². The molecule has 2 aromatic heterocycles. The van der Waals surface area contributed by atoms with Crippen molar-refractivity contribution in [1.29, 1.82) is 0 Å². The van der Waals surface area contributed by atoms with Gasteiger partial charge in [-0.15, -0.1) is 0 Å². The number of alkyl halides is 1. The van der Waals surface area contributed by atoms with Gasteiger partial charge in [-0.25, -0.2) is 9.37 Å². The zero-order valence-corrected chi connectivity index (χ0v) is 13.2. The minimum Gasteiger partial charge on any atom is -0.371 e. The SMILES string of the molecule is CC[C@H]1O[C@@H](n2cnc3c(NC)nc(N)nc32)[C@](C)(F)[C@@H]1C. The Hall–Kier alpha value is -1.96. The molecule has 0 amide bonds. The topological polar surface area (TPSA) is 90.9 Å². The predicted molar refractivity (Wildman–Crippen MR) is 82.2 cm³/mol. The van der Waals surface area contributed by atoms with Crippen LogP contribution in [0.2, 0.25) is 0 Å². The van der Waals surface area contributed by atoms with Crippen LogP contribution < -0.4 is 11.1 Å². The van der Waals surface area contributed by atoms with Crippen molar-refractivity contribution in [1.82, 2.24) is 19.5 Å². The average Bonchev–Trinajstić information content (AvgIpc) is 2.98. The van der Waals surface area contributed by atoms with E-state index in [0.29, 0.717) is 17.0 Å². The number of fused-ring (bicyclic) bond motifs is 1. The van der Waals surface area contributed by atoms with Gasteiger partial charge in [0, 0.05) is 13.0 Å². The van der Waals surface area contributed by atoms with E-state index >= 15 is 4.39 Å². The van der Waals surface area contributed by atoms with E-state index in [1.54, 1.807) is 18.5 Å². The number of hydrogen-bond donors (Lipinski definition) is 2. The first-order valence-electron chi connectivity index (χ1n) is 7.42. The third kappa shape index (κ3) is 2.01. The smallest absolute Gasteiger partial charge is 0.224 e. The zero-order chi connectivity index (χ0) is 16.1. The molecule has 0 spiro atoms. The van der Waals surface area contributed by atoms with Crippen molar-refractivity contribution in [2.75, 3.05) is 18.1 Å². The number of ether oxygens (including phenoxy) is 1. The Balaban J connectivity index is 2.13. The lowest BCUT2D eigenvalue weighted by Crippen LogP contribution is -2.33. The number of hydrogen-bond acceptors (Lipinski definition) is 6. The highest BCUT2D eigenvalue weighted by Gasteiger charge is 2.52. The largest absolute Gasteiger partial charge is 0.371 e. The van der Waals surface area contributed by atoms with E-state index in [1.807, 2.05) is 13.8 Å². The number of aromatic nitrogens is 4. The number of nitrogens with two attached hydrogens (primary N) is 1. The highest BCUT2D eigenvalue weighted by molar-refractivity contribution is 5.84. The fourth-order valence-corrected chi connectivity index (χ4v) is 3.07. The Labute approximate surface area is 128 Å². The number of nitrogens with one attached hydrogen (secondary N) is 1. The second-order valence-electron chi connectivity index (χ2n) is 5.88. The fraction of sp³-hybridized carbons (Fsp3) is 0.643.